The summed E-state index contributed by atoms with van der Waals surface area (Å²) < 4.78 is 5.35. The third-order valence-corrected chi connectivity index (χ3v) is 2.34. The zero-order valence-electron chi connectivity index (χ0n) is 9.50. The summed E-state index contributed by atoms with van der Waals surface area (Å²) in [5.41, 5.74) is 6.37. The Morgan fingerprint density at radius 2 is 2.00 bits per heavy atom. The van der Waals surface area contributed by atoms with E-state index < -0.39 is 12.0 Å². The molecular weight excluding hydrogens is 222 g/mol. The van der Waals surface area contributed by atoms with Crippen LogP contribution < -0.4 is 10.5 Å². The van der Waals surface area contributed by atoms with E-state index in [-0.39, 0.29) is 19.6 Å². The van der Waals surface area contributed by atoms with E-state index in [1.54, 1.807) is 12.1 Å². The molecule has 0 amide bonds. The lowest BCUT2D eigenvalue weighted by Crippen LogP contribution is -2.31. The third kappa shape index (κ3) is 4.84. The van der Waals surface area contributed by atoms with Crippen molar-refractivity contribution in [2.75, 3.05) is 13.2 Å². The van der Waals surface area contributed by atoms with Crippen molar-refractivity contribution in [1.29, 1.82) is 0 Å². The molecule has 1 atom stereocenters. The number of nitrogens with two attached hydrogens (primary N) is 1. The molecule has 0 aromatic heterocycles. The van der Waals surface area contributed by atoms with Crippen LogP contribution in [0.2, 0.25) is 0 Å². The smallest absolute Gasteiger partial charge is 0.320 e. The number of hydrogen-bond acceptors (Lipinski definition) is 4. The van der Waals surface area contributed by atoms with Gasteiger partial charge < -0.3 is 20.7 Å². The van der Waals surface area contributed by atoms with Crippen LogP contribution in [-0.4, -0.2) is 35.4 Å². The Balaban J connectivity index is 2.34. The summed E-state index contributed by atoms with van der Waals surface area (Å²) in [6.45, 7) is 0.389. The SMILES string of the molecule is NC(CCOc1ccc(CCO)cc1)C(=O)O. The van der Waals surface area contributed by atoms with Gasteiger partial charge in [-0.1, -0.05) is 12.1 Å². The van der Waals surface area contributed by atoms with Crippen molar-refractivity contribution < 1.29 is 19.7 Å². The van der Waals surface area contributed by atoms with E-state index in [4.69, 9.17) is 20.7 Å². The summed E-state index contributed by atoms with van der Waals surface area (Å²) in [7, 11) is 0. The van der Waals surface area contributed by atoms with Crippen LogP contribution in [0.3, 0.4) is 0 Å². The first kappa shape index (κ1) is 13.5. The van der Waals surface area contributed by atoms with Gasteiger partial charge in [0.15, 0.2) is 0 Å². The van der Waals surface area contributed by atoms with Crippen molar-refractivity contribution >= 4 is 5.97 Å². The number of benzene rings is 1. The lowest BCUT2D eigenvalue weighted by atomic mass is 10.1. The van der Waals surface area contributed by atoms with Crippen LogP contribution in [0, 0.1) is 0 Å². The maximum Gasteiger partial charge on any atom is 0.320 e. The molecule has 0 aliphatic rings. The second-order valence-corrected chi connectivity index (χ2v) is 3.70. The van der Waals surface area contributed by atoms with Gasteiger partial charge in [0.25, 0.3) is 0 Å². The molecule has 0 aliphatic carbocycles. The average Bonchev–Trinajstić information content (AvgIpc) is 2.31. The maximum absolute atomic E-state index is 10.5. The van der Waals surface area contributed by atoms with Crippen molar-refractivity contribution in [1.82, 2.24) is 0 Å². The molecule has 94 valence electrons. The first-order valence-electron chi connectivity index (χ1n) is 5.44. The fourth-order valence-corrected chi connectivity index (χ4v) is 1.31. The Kier molecular flexibility index (Phi) is 5.45. The minimum Gasteiger partial charge on any atom is -0.494 e. The van der Waals surface area contributed by atoms with Crippen molar-refractivity contribution in [2.24, 2.45) is 5.73 Å². The molecule has 0 heterocycles. The van der Waals surface area contributed by atoms with Crippen LogP contribution in [0.25, 0.3) is 0 Å². The van der Waals surface area contributed by atoms with Gasteiger partial charge in [-0.2, -0.15) is 0 Å². The quantitative estimate of drug-likeness (QED) is 0.640. The fraction of sp³-hybridized carbons (Fsp3) is 0.417. The van der Waals surface area contributed by atoms with Crippen LogP contribution >= 0.6 is 0 Å². The van der Waals surface area contributed by atoms with Gasteiger partial charge in [-0.05, 0) is 24.1 Å². The first-order chi connectivity index (χ1) is 8.13. The number of hydrogen-bond donors (Lipinski definition) is 3. The van der Waals surface area contributed by atoms with E-state index in [9.17, 15) is 4.79 Å². The molecule has 0 radical (unpaired) electrons. The van der Waals surface area contributed by atoms with Gasteiger partial charge in [-0.3, -0.25) is 4.79 Å². The number of aliphatic carboxylic acids is 1. The predicted octanol–water partition coefficient (Wildman–Crippen LogP) is 0.402. The molecule has 1 unspecified atom stereocenters. The van der Waals surface area contributed by atoms with Crippen molar-refractivity contribution in [2.45, 2.75) is 18.9 Å². The van der Waals surface area contributed by atoms with Crippen LogP contribution in [0.4, 0.5) is 0 Å². The summed E-state index contributed by atoms with van der Waals surface area (Å²) in [6.07, 6.45) is 0.887. The molecule has 5 nitrogen and oxygen atoms in total. The van der Waals surface area contributed by atoms with Crippen LogP contribution in [0.15, 0.2) is 24.3 Å². The topological polar surface area (TPSA) is 92.8 Å². The van der Waals surface area contributed by atoms with Crippen LogP contribution in [0.5, 0.6) is 5.75 Å². The van der Waals surface area contributed by atoms with Gasteiger partial charge in [-0.25, -0.2) is 0 Å². The van der Waals surface area contributed by atoms with Gasteiger partial charge in [0.05, 0.1) is 6.61 Å². The molecule has 1 aromatic rings. The lowest BCUT2D eigenvalue weighted by Gasteiger charge is -2.09. The summed E-state index contributed by atoms with van der Waals surface area (Å²) in [5.74, 6) is -0.351. The van der Waals surface area contributed by atoms with Crippen molar-refractivity contribution in [3.05, 3.63) is 29.8 Å². The standard InChI is InChI=1S/C12H17NO4/c13-11(12(15)16)6-8-17-10-3-1-9(2-4-10)5-7-14/h1-4,11,14H,5-8,13H2,(H,15,16). The van der Waals surface area contributed by atoms with Gasteiger partial charge in [-0.15, -0.1) is 0 Å². The van der Waals surface area contributed by atoms with Crippen LogP contribution in [-0.2, 0) is 11.2 Å². The first-order valence-corrected chi connectivity index (χ1v) is 5.44. The molecule has 0 fully saturated rings. The molecule has 0 saturated carbocycles. The molecule has 0 aliphatic heterocycles. The summed E-state index contributed by atoms with van der Waals surface area (Å²) in [4.78, 5) is 10.5. The molecule has 5 heteroatoms. The molecule has 0 spiro atoms. The second kappa shape index (κ2) is 6.88. The Hall–Kier alpha value is -1.59. The van der Waals surface area contributed by atoms with E-state index in [0.29, 0.717) is 12.2 Å². The lowest BCUT2D eigenvalue weighted by molar-refractivity contribution is -0.138. The highest BCUT2D eigenvalue weighted by Crippen LogP contribution is 2.12. The van der Waals surface area contributed by atoms with Gasteiger partial charge in [0.1, 0.15) is 11.8 Å². The number of carbonyl (C=O) groups is 1. The minimum absolute atomic E-state index is 0.119. The molecule has 0 saturated heterocycles. The second-order valence-electron chi connectivity index (χ2n) is 3.70. The monoisotopic (exact) mass is 239 g/mol. The van der Waals surface area contributed by atoms with Gasteiger partial charge >= 0.3 is 5.97 Å². The van der Waals surface area contributed by atoms with E-state index >= 15 is 0 Å². The van der Waals surface area contributed by atoms with Crippen molar-refractivity contribution in [3.63, 3.8) is 0 Å². The highest BCUT2D eigenvalue weighted by Gasteiger charge is 2.10. The van der Waals surface area contributed by atoms with Gasteiger partial charge in [0, 0.05) is 13.0 Å². The number of aliphatic hydroxyl groups excluding tert-OH is 1. The average molecular weight is 239 g/mol. The Bertz CT molecular complexity index is 350. The Morgan fingerprint density at radius 3 is 2.53 bits per heavy atom. The largest absolute Gasteiger partial charge is 0.494 e. The molecule has 1 aromatic carbocycles. The minimum atomic E-state index is -1.02. The maximum atomic E-state index is 10.5. The highest BCUT2D eigenvalue weighted by atomic mass is 16.5. The summed E-state index contributed by atoms with van der Waals surface area (Å²) in [5, 5.41) is 17.3. The summed E-state index contributed by atoms with van der Waals surface area (Å²) >= 11 is 0. The zero-order valence-corrected chi connectivity index (χ0v) is 9.50. The van der Waals surface area contributed by atoms with E-state index in [1.807, 2.05) is 12.1 Å². The highest BCUT2D eigenvalue weighted by molar-refractivity contribution is 5.72. The van der Waals surface area contributed by atoms with E-state index in [1.165, 1.54) is 0 Å². The normalized spacial score (nSPS) is 12.1. The van der Waals surface area contributed by atoms with Crippen molar-refractivity contribution in [3.8, 4) is 5.75 Å². The van der Waals surface area contributed by atoms with Crippen LogP contribution in [0.1, 0.15) is 12.0 Å². The van der Waals surface area contributed by atoms with Gasteiger partial charge in [0.2, 0.25) is 0 Å². The molecule has 1 rings (SSSR count). The number of carboxylic acid groups (broad SMARTS) is 1. The number of aliphatic hydroxyl groups is 1. The summed E-state index contributed by atoms with van der Waals surface area (Å²) in [6, 6.07) is 6.42. The number of rotatable bonds is 7. The number of carboxylic acids is 1. The molecule has 0 bridgehead atoms. The van der Waals surface area contributed by atoms with E-state index in [0.717, 1.165) is 5.56 Å². The Morgan fingerprint density at radius 1 is 1.35 bits per heavy atom. The third-order valence-electron chi connectivity index (χ3n) is 2.34. The molecule has 4 N–H and O–H groups in total. The zero-order chi connectivity index (χ0) is 12.7. The molecular formula is C12H17NO4. The number of ether oxygens (including phenoxy) is 1. The Labute approximate surface area is 99.8 Å². The fourth-order valence-electron chi connectivity index (χ4n) is 1.31. The molecule has 17 heavy (non-hydrogen) atoms. The predicted molar refractivity (Wildman–Crippen MR) is 63.0 cm³/mol. The van der Waals surface area contributed by atoms with E-state index in [2.05, 4.69) is 0 Å².